The number of benzene rings is 1. The van der Waals surface area contributed by atoms with Crippen LogP contribution < -0.4 is 15.8 Å². The summed E-state index contributed by atoms with van der Waals surface area (Å²) < 4.78 is 18.5. The molecule has 98 valence electrons. The Balaban J connectivity index is 2.26. The minimum absolute atomic E-state index is 0.0209. The summed E-state index contributed by atoms with van der Waals surface area (Å²) in [4.78, 5) is 15.7. The zero-order valence-electron chi connectivity index (χ0n) is 10.2. The Hall–Kier alpha value is -2.63. The smallest absolute Gasteiger partial charge is 0.259 e. The highest BCUT2D eigenvalue weighted by Gasteiger charge is 2.13. The molecule has 0 fully saturated rings. The summed E-state index contributed by atoms with van der Waals surface area (Å²) in [6, 6.07) is 7.15. The molecule has 1 aromatic heterocycles. The average Bonchev–Trinajstić information content (AvgIpc) is 2.41. The van der Waals surface area contributed by atoms with E-state index in [1.807, 2.05) is 0 Å². The number of aromatic nitrogens is 1. The third-order valence-corrected chi connectivity index (χ3v) is 2.50. The molecule has 0 spiro atoms. The highest BCUT2D eigenvalue weighted by Crippen LogP contribution is 2.22. The zero-order chi connectivity index (χ0) is 13.8. The molecule has 1 aromatic carbocycles. The Bertz CT molecular complexity index is 617. The fraction of sp³-hybridized carbons (Fsp3) is 0.0769. The van der Waals surface area contributed by atoms with Crippen molar-refractivity contribution in [1.29, 1.82) is 0 Å². The molecular formula is C13H12FN3O2. The van der Waals surface area contributed by atoms with Crippen molar-refractivity contribution in [2.45, 2.75) is 0 Å². The molecule has 0 atom stereocenters. The van der Waals surface area contributed by atoms with E-state index in [1.165, 1.54) is 37.6 Å². The summed E-state index contributed by atoms with van der Waals surface area (Å²) in [6.07, 6.45) is 1.47. The van der Waals surface area contributed by atoms with E-state index in [4.69, 9.17) is 10.5 Å². The summed E-state index contributed by atoms with van der Waals surface area (Å²) in [5.41, 5.74) is 5.78. The van der Waals surface area contributed by atoms with Crippen LogP contribution in [-0.2, 0) is 0 Å². The zero-order valence-corrected chi connectivity index (χ0v) is 10.2. The lowest BCUT2D eigenvalue weighted by Gasteiger charge is -2.09. The molecule has 0 aliphatic rings. The van der Waals surface area contributed by atoms with E-state index in [-0.39, 0.29) is 17.1 Å². The second-order valence-electron chi connectivity index (χ2n) is 3.74. The van der Waals surface area contributed by atoms with Crippen LogP contribution in [-0.4, -0.2) is 18.0 Å². The van der Waals surface area contributed by atoms with E-state index in [0.717, 1.165) is 0 Å². The van der Waals surface area contributed by atoms with Crippen LogP contribution in [0.1, 0.15) is 10.4 Å². The highest BCUT2D eigenvalue weighted by molar-refractivity contribution is 6.07. The maximum atomic E-state index is 13.6. The largest absolute Gasteiger partial charge is 0.497 e. The van der Waals surface area contributed by atoms with Crippen LogP contribution in [0.4, 0.5) is 15.9 Å². The Morgan fingerprint density at radius 2 is 2.21 bits per heavy atom. The number of carbonyl (C=O) groups is 1. The van der Waals surface area contributed by atoms with Gasteiger partial charge in [-0.2, -0.15) is 0 Å². The lowest BCUT2D eigenvalue weighted by molar-refractivity contribution is 0.102. The van der Waals surface area contributed by atoms with E-state index in [0.29, 0.717) is 5.75 Å². The number of pyridine rings is 1. The van der Waals surface area contributed by atoms with Gasteiger partial charge < -0.3 is 15.8 Å². The van der Waals surface area contributed by atoms with Crippen LogP contribution in [0, 0.1) is 5.82 Å². The molecule has 3 N–H and O–H groups in total. The van der Waals surface area contributed by atoms with Gasteiger partial charge in [-0.1, -0.05) is 0 Å². The first-order chi connectivity index (χ1) is 9.11. The molecule has 1 heterocycles. The van der Waals surface area contributed by atoms with Gasteiger partial charge in [0.05, 0.1) is 18.4 Å². The van der Waals surface area contributed by atoms with Crippen LogP contribution in [0.3, 0.4) is 0 Å². The summed E-state index contributed by atoms with van der Waals surface area (Å²) in [6.45, 7) is 0. The monoisotopic (exact) mass is 261 g/mol. The standard InChI is InChI=1S/C13H12FN3O2/c1-19-8-4-5-10(14)11(7-8)17-13(18)9-3-2-6-16-12(9)15/h2-7H,1H3,(H2,15,16)(H,17,18). The lowest BCUT2D eigenvalue weighted by Crippen LogP contribution is -2.15. The first-order valence-corrected chi connectivity index (χ1v) is 5.47. The second-order valence-corrected chi connectivity index (χ2v) is 3.74. The number of nitrogens with two attached hydrogens (primary N) is 1. The molecule has 0 unspecified atom stereocenters. The number of anilines is 2. The van der Waals surface area contributed by atoms with Crippen molar-refractivity contribution in [1.82, 2.24) is 4.98 Å². The molecule has 1 amide bonds. The van der Waals surface area contributed by atoms with Gasteiger partial charge in [0.15, 0.2) is 0 Å². The highest BCUT2D eigenvalue weighted by atomic mass is 19.1. The van der Waals surface area contributed by atoms with Gasteiger partial charge in [0, 0.05) is 12.3 Å². The maximum absolute atomic E-state index is 13.6. The Morgan fingerprint density at radius 3 is 2.89 bits per heavy atom. The van der Waals surface area contributed by atoms with Crippen LogP contribution in [0.5, 0.6) is 5.75 Å². The Morgan fingerprint density at radius 1 is 1.42 bits per heavy atom. The SMILES string of the molecule is COc1ccc(F)c(NC(=O)c2cccnc2N)c1. The van der Waals surface area contributed by atoms with Crippen molar-refractivity contribution in [2.24, 2.45) is 0 Å². The lowest BCUT2D eigenvalue weighted by atomic mass is 10.2. The first kappa shape index (κ1) is 12.8. The number of hydrogen-bond donors (Lipinski definition) is 2. The number of hydrogen-bond acceptors (Lipinski definition) is 4. The van der Waals surface area contributed by atoms with Gasteiger partial charge in [-0.3, -0.25) is 4.79 Å². The molecule has 0 radical (unpaired) electrons. The number of rotatable bonds is 3. The fourth-order valence-corrected chi connectivity index (χ4v) is 1.53. The molecule has 0 aliphatic carbocycles. The molecule has 0 aliphatic heterocycles. The fourth-order valence-electron chi connectivity index (χ4n) is 1.53. The minimum Gasteiger partial charge on any atom is -0.497 e. The predicted molar refractivity (Wildman–Crippen MR) is 69.6 cm³/mol. The number of halogens is 1. The normalized spacial score (nSPS) is 10.0. The number of nitrogen functional groups attached to an aromatic ring is 1. The van der Waals surface area contributed by atoms with E-state index in [1.54, 1.807) is 6.07 Å². The summed E-state index contributed by atoms with van der Waals surface area (Å²) in [5.74, 6) is -0.562. The Kier molecular flexibility index (Phi) is 3.61. The number of ether oxygens (including phenoxy) is 1. The molecular weight excluding hydrogens is 249 g/mol. The Labute approximate surface area is 109 Å². The second kappa shape index (κ2) is 5.34. The van der Waals surface area contributed by atoms with Gasteiger partial charge in [0.2, 0.25) is 0 Å². The van der Waals surface area contributed by atoms with Crippen LogP contribution >= 0.6 is 0 Å². The summed E-state index contributed by atoms with van der Waals surface area (Å²) >= 11 is 0. The van der Waals surface area contributed by atoms with Gasteiger partial charge in [0.1, 0.15) is 17.4 Å². The number of nitrogens with one attached hydrogen (secondary N) is 1. The minimum atomic E-state index is -0.559. The number of nitrogens with zero attached hydrogens (tertiary/aromatic N) is 1. The van der Waals surface area contributed by atoms with Crippen molar-refractivity contribution in [2.75, 3.05) is 18.2 Å². The van der Waals surface area contributed by atoms with Crippen LogP contribution in [0.2, 0.25) is 0 Å². The molecule has 5 nitrogen and oxygen atoms in total. The number of carbonyl (C=O) groups excluding carboxylic acids is 1. The van der Waals surface area contributed by atoms with Crippen molar-refractivity contribution >= 4 is 17.4 Å². The van der Waals surface area contributed by atoms with Crippen molar-refractivity contribution in [3.8, 4) is 5.75 Å². The van der Waals surface area contributed by atoms with Crippen LogP contribution in [0.25, 0.3) is 0 Å². The van der Waals surface area contributed by atoms with E-state index in [2.05, 4.69) is 10.3 Å². The van der Waals surface area contributed by atoms with E-state index < -0.39 is 11.7 Å². The number of amides is 1. The van der Waals surface area contributed by atoms with E-state index in [9.17, 15) is 9.18 Å². The first-order valence-electron chi connectivity index (χ1n) is 5.47. The molecule has 0 saturated carbocycles. The summed E-state index contributed by atoms with van der Waals surface area (Å²) in [5, 5.41) is 2.43. The quantitative estimate of drug-likeness (QED) is 0.886. The van der Waals surface area contributed by atoms with Crippen molar-refractivity contribution < 1.29 is 13.9 Å². The van der Waals surface area contributed by atoms with Gasteiger partial charge in [-0.25, -0.2) is 9.37 Å². The van der Waals surface area contributed by atoms with E-state index >= 15 is 0 Å². The maximum Gasteiger partial charge on any atom is 0.259 e. The van der Waals surface area contributed by atoms with Crippen LogP contribution in [0.15, 0.2) is 36.5 Å². The summed E-state index contributed by atoms with van der Waals surface area (Å²) in [7, 11) is 1.46. The molecule has 19 heavy (non-hydrogen) atoms. The number of methoxy groups -OCH3 is 1. The molecule has 2 aromatic rings. The molecule has 0 saturated heterocycles. The molecule has 6 heteroatoms. The third-order valence-electron chi connectivity index (χ3n) is 2.50. The van der Waals surface area contributed by atoms with Gasteiger partial charge >= 0.3 is 0 Å². The predicted octanol–water partition coefficient (Wildman–Crippen LogP) is 2.06. The van der Waals surface area contributed by atoms with Crippen molar-refractivity contribution in [3.05, 3.63) is 47.9 Å². The topological polar surface area (TPSA) is 77.2 Å². The van der Waals surface area contributed by atoms with Gasteiger partial charge in [-0.05, 0) is 24.3 Å². The molecule has 0 bridgehead atoms. The average molecular weight is 261 g/mol. The molecule has 2 rings (SSSR count). The van der Waals surface area contributed by atoms with Gasteiger partial charge in [0.25, 0.3) is 5.91 Å². The van der Waals surface area contributed by atoms with Crippen molar-refractivity contribution in [3.63, 3.8) is 0 Å². The van der Waals surface area contributed by atoms with Gasteiger partial charge in [-0.15, -0.1) is 0 Å². The third kappa shape index (κ3) is 2.79.